The Kier molecular flexibility index (Phi) is 7.98. The highest BCUT2D eigenvalue weighted by Crippen LogP contribution is 2.41. The summed E-state index contributed by atoms with van der Waals surface area (Å²) in [7, 11) is 0. The summed E-state index contributed by atoms with van der Waals surface area (Å²) in [5.74, 6) is -1.29. The highest BCUT2D eigenvalue weighted by molar-refractivity contribution is 7.09. The number of nitrogens with one attached hydrogen (secondary N) is 1. The lowest BCUT2D eigenvalue weighted by Gasteiger charge is -2.44. The number of piperidine rings is 1. The predicted octanol–water partition coefficient (Wildman–Crippen LogP) is 3.58. The van der Waals surface area contributed by atoms with Crippen LogP contribution >= 0.6 is 11.3 Å². The topological polar surface area (TPSA) is 113 Å². The smallest absolute Gasteiger partial charge is 0.475 e. The number of aryl methyl sites for hydroxylation is 2. The minimum absolute atomic E-state index is 0.0363. The van der Waals surface area contributed by atoms with E-state index in [4.69, 9.17) is 9.90 Å². The zero-order chi connectivity index (χ0) is 25.9. The number of hydrogen-bond acceptors (Lipinski definition) is 7. The van der Waals surface area contributed by atoms with E-state index >= 15 is 0 Å². The van der Waals surface area contributed by atoms with Crippen LogP contribution in [0.2, 0.25) is 0 Å². The molecule has 13 heteroatoms. The van der Waals surface area contributed by atoms with Gasteiger partial charge >= 0.3 is 12.1 Å². The molecule has 4 heterocycles. The minimum atomic E-state index is -5.08. The lowest BCUT2D eigenvalue weighted by atomic mass is 9.73. The average molecular weight is 529 g/mol. The number of rotatable bonds is 4. The van der Waals surface area contributed by atoms with Crippen molar-refractivity contribution in [1.82, 2.24) is 30.0 Å². The first-order chi connectivity index (χ1) is 17.1. The Labute approximate surface area is 211 Å². The first kappa shape index (κ1) is 26.5. The number of carbonyl (C=O) groups is 2. The molecule has 0 radical (unpaired) electrons. The van der Waals surface area contributed by atoms with E-state index < -0.39 is 12.1 Å². The summed E-state index contributed by atoms with van der Waals surface area (Å²) >= 11 is 1.76. The fourth-order valence-corrected chi connectivity index (χ4v) is 6.06. The van der Waals surface area contributed by atoms with Gasteiger partial charge in [-0.2, -0.15) is 13.2 Å². The molecule has 2 fully saturated rings. The second-order valence-corrected chi connectivity index (χ2v) is 10.9. The zero-order valence-corrected chi connectivity index (χ0v) is 21.0. The summed E-state index contributed by atoms with van der Waals surface area (Å²) in [6.07, 6.45) is 3.95. The molecular formula is C23H31F3N6O3S. The van der Waals surface area contributed by atoms with Crippen LogP contribution in [0.5, 0.6) is 0 Å². The van der Waals surface area contributed by atoms with Crippen LogP contribution in [-0.2, 0) is 24.3 Å². The van der Waals surface area contributed by atoms with Gasteiger partial charge in [-0.3, -0.25) is 9.69 Å². The standard InChI is InChI=1S/C21H30N6OS.C2HF3O2/c1-15-17(29-14-22-15)12-26-10-8-21(9-11-26)7-6-18-24-25-19(27(18)13-21)20(28)23-16-4-2-3-5-16;3-2(4,5)1(6)7/h14,16H,2-13H2,1H3,(H,23,28);(H,6,7). The van der Waals surface area contributed by atoms with E-state index in [0.717, 1.165) is 57.7 Å². The van der Waals surface area contributed by atoms with Crippen LogP contribution < -0.4 is 5.32 Å². The van der Waals surface area contributed by atoms with E-state index in [9.17, 15) is 18.0 Å². The number of thiazole rings is 1. The number of halogens is 3. The first-order valence-corrected chi connectivity index (χ1v) is 13.1. The number of carboxylic acids is 1. The Hall–Kier alpha value is -2.54. The Morgan fingerprint density at radius 2 is 1.86 bits per heavy atom. The first-order valence-electron chi connectivity index (χ1n) is 12.2. The number of aliphatic carboxylic acids is 1. The van der Waals surface area contributed by atoms with E-state index in [-0.39, 0.29) is 11.3 Å². The summed E-state index contributed by atoms with van der Waals surface area (Å²) in [6, 6.07) is 0.312. The van der Waals surface area contributed by atoms with Crippen LogP contribution in [0.15, 0.2) is 5.51 Å². The van der Waals surface area contributed by atoms with Crippen molar-refractivity contribution in [3.8, 4) is 0 Å². The van der Waals surface area contributed by atoms with Gasteiger partial charge in [0.2, 0.25) is 5.82 Å². The molecule has 2 aromatic heterocycles. The van der Waals surface area contributed by atoms with Crippen LogP contribution in [0, 0.1) is 12.3 Å². The van der Waals surface area contributed by atoms with Crippen LogP contribution in [-0.4, -0.2) is 66.9 Å². The summed E-state index contributed by atoms with van der Waals surface area (Å²) in [6.45, 7) is 6.22. The van der Waals surface area contributed by atoms with E-state index in [2.05, 4.69) is 36.9 Å². The van der Waals surface area contributed by atoms with Crippen molar-refractivity contribution in [3.63, 3.8) is 0 Å². The van der Waals surface area contributed by atoms with E-state index in [1.807, 2.05) is 5.51 Å². The molecule has 9 nitrogen and oxygen atoms in total. The van der Waals surface area contributed by atoms with Gasteiger partial charge in [-0.05, 0) is 57.5 Å². The van der Waals surface area contributed by atoms with E-state index in [0.29, 0.717) is 11.9 Å². The molecule has 1 saturated heterocycles. The van der Waals surface area contributed by atoms with Gasteiger partial charge in [-0.1, -0.05) is 12.8 Å². The Morgan fingerprint density at radius 1 is 1.19 bits per heavy atom. The van der Waals surface area contributed by atoms with Crippen LogP contribution in [0.3, 0.4) is 0 Å². The Bertz CT molecular complexity index is 1070. The molecule has 36 heavy (non-hydrogen) atoms. The van der Waals surface area contributed by atoms with Crippen molar-refractivity contribution in [2.75, 3.05) is 13.1 Å². The van der Waals surface area contributed by atoms with Crippen LogP contribution in [0.25, 0.3) is 0 Å². The second-order valence-electron chi connectivity index (χ2n) is 9.92. The van der Waals surface area contributed by atoms with Crippen LogP contribution in [0.1, 0.15) is 72.0 Å². The van der Waals surface area contributed by atoms with Crippen molar-refractivity contribution in [1.29, 1.82) is 0 Å². The van der Waals surface area contributed by atoms with Gasteiger partial charge in [0.1, 0.15) is 5.82 Å². The monoisotopic (exact) mass is 528 g/mol. The van der Waals surface area contributed by atoms with E-state index in [1.54, 1.807) is 11.3 Å². The lowest BCUT2D eigenvalue weighted by Crippen LogP contribution is -2.45. The molecule has 3 aliphatic rings. The molecule has 0 bridgehead atoms. The summed E-state index contributed by atoms with van der Waals surface area (Å²) in [4.78, 5) is 30.0. The maximum Gasteiger partial charge on any atom is 0.490 e. The third-order valence-corrected chi connectivity index (χ3v) is 8.38. The van der Waals surface area contributed by atoms with Gasteiger partial charge in [-0.15, -0.1) is 21.5 Å². The Balaban J connectivity index is 0.000000384. The molecule has 1 saturated carbocycles. The third-order valence-electron chi connectivity index (χ3n) is 7.46. The zero-order valence-electron chi connectivity index (χ0n) is 20.2. The number of carboxylic acid groups (broad SMARTS) is 1. The van der Waals surface area contributed by atoms with Gasteiger partial charge in [0.15, 0.2) is 0 Å². The number of carbonyl (C=O) groups excluding carboxylic acids is 1. The molecule has 2 aliphatic heterocycles. The largest absolute Gasteiger partial charge is 0.490 e. The number of alkyl halides is 3. The number of nitrogens with zero attached hydrogens (tertiary/aromatic N) is 5. The minimum Gasteiger partial charge on any atom is -0.475 e. The number of aromatic nitrogens is 4. The molecule has 2 aromatic rings. The summed E-state index contributed by atoms with van der Waals surface area (Å²) < 4.78 is 33.9. The summed E-state index contributed by atoms with van der Waals surface area (Å²) in [5, 5.41) is 18.9. The molecular weight excluding hydrogens is 497 g/mol. The van der Waals surface area contributed by atoms with Gasteiger partial charge in [0.25, 0.3) is 5.91 Å². The van der Waals surface area contributed by atoms with E-state index in [1.165, 1.54) is 36.3 Å². The third kappa shape index (κ3) is 6.23. The van der Waals surface area contributed by atoms with Crippen LogP contribution in [0.4, 0.5) is 13.2 Å². The van der Waals surface area contributed by atoms with Crippen molar-refractivity contribution in [3.05, 3.63) is 27.7 Å². The maximum atomic E-state index is 12.8. The van der Waals surface area contributed by atoms with Crippen molar-refractivity contribution >= 4 is 23.2 Å². The molecule has 1 aliphatic carbocycles. The molecule has 0 unspecified atom stereocenters. The number of hydrogen-bond donors (Lipinski definition) is 2. The molecule has 0 atom stereocenters. The normalized spacial score (nSPS) is 20.0. The molecule has 1 spiro atoms. The van der Waals surface area contributed by atoms with Gasteiger partial charge < -0.3 is 15.0 Å². The maximum absolute atomic E-state index is 12.8. The molecule has 0 aromatic carbocycles. The molecule has 5 rings (SSSR count). The van der Waals surface area contributed by atoms with Crippen molar-refractivity contribution in [2.24, 2.45) is 5.41 Å². The SMILES string of the molecule is Cc1ncsc1CN1CCC2(CCc3nnc(C(=O)NC4CCCC4)n3C2)CC1.O=C(O)C(F)(F)F. The average Bonchev–Trinajstić information content (AvgIpc) is 3.57. The fourth-order valence-electron chi connectivity index (χ4n) is 5.24. The van der Waals surface area contributed by atoms with Gasteiger partial charge in [0.05, 0.1) is 11.2 Å². The quantitative estimate of drug-likeness (QED) is 0.624. The number of amides is 1. The van der Waals surface area contributed by atoms with Crippen molar-refractivity contribution < 1.29 is 27.9 Å². The lowest BCUT2D eigenvalue weighted by molar-refractivity contribution is -0.192. The highest BCUT2D eigenvalue weighted by Gasteiger charge is 2.40. The molecule has 2 N–H and O–H groups in total. The summed E-state index contributed by atoms with van der Waals surface area (Å²) in [5.41, 5.74) is 3.39. The highest BCUT2D eigenvalue weighted by atomic mass is 32.1. The number of likely N-dealkylation sites (tertiary alicyclic amines) is 1. The molecule has 1 amide bonds. The fraction of sp³-hybridized carbons (Fsp3) is 0.696. The number of fused-ring (bicyclic) bond motifs is 1. The van der Waals surface area contributed by atoms with Gasteiger partial charge in [0, 0.05) is 30.4 Å². The van der Waals surface area contributed by atoms with Gasteiger partial charge in [-0.25, -0.2) is 9.78 Å². The van der Waals surface area contributed by atoms with Crippen molar-refractivity contribution in [2.45, 2.75) is 83.6 Å². The Morgan fingerprint density at radius 3 is 2.44 bits per heavy atom. The predicted molar refractivity (Wildman–Crippen MR) is 126 cm³/mol. The second kappa shape index (κ2) is 10.8. The molecule has 198 valence electrons.